The van der Waals surface area contributed by atoms with Crippen molar-refractivity contribution in [2.75, 3.05) is 4.90 Å². The molecule has 2 aromatic carbocycles. The third kappa shape index (κ3) is 4.46. The summed E-state index contributed by atoms with van der Waals surface area (Å²) in [5.74, 6) is 0. The maximum atomic E-state index is 13.4. The first kappa shape index (κ1) is 23.6. The van der Waals surface area contributed by atoms with Gasteiger partial charge in [0.15, 0.2) is 5.11 Å². The number of halogens is 4. The number of nitrogens with one attached hydrogen (secondary N) is 1. The van der Waals surface area contributed by atoms with Crippen molar-refractivity contribution in [1.29, 1.82) is 0 Å². The molecule has 0 radical (unpaired) electrons. The zero-order valence-corrected chi connectivity index (χ0v) is 20.9. The number of thiocarbonyl (C=S) groups is 1. The van der Waals surface area contributed by atoms with Gasteiger partial charge in [-0.3, -0.25) is 4.98 Å². The lowest BCUT2D eigenvalue weighted by atomic mass is 10.0. The number of aromatic nitrogens is 2. The van der Waals surface area contributed by atoms with E-state index in [1.165, 1.54) is 6.07 Å². The molecule has 1 fully saturated rings. The molecule has 0 aliphatic carbocycles. The second kappa shape index (κ2) is 9.13. The van der Waals surface area contributed by atoms with E-state index in [-0.39, 0.29) is 12.1 Å². The first-order chi connectivity index (χ1) is 16.7. The van der Waals surface area contributed by atoms with Crippen LogP contribution < -0.4 is 10.2 Å². The van der Waals surface area contributed by atoms with Crippen molar-refractivity contribution < 1.29 is 13.2 Å². The highest BCUT2D eigenvalue weighted by molar-refractivity contribution is 9.10. The van der Waals surface area contributed by atoms with Crippen LogP contribution in [0.5, 0.6) is 0 Å². The molecule has 0 unspecified atom stereocenters. The fraction of sp³-hybridized carbons (Fsp3) is 0.154. The average Bonchev–Trinajstić information content (AvgIpc) is 3.45. The Bertz CT molecular complexity index is 1390. The van der Waals surface area contributed by atoms with E-state index < -0.39 is 11.7 Å². The molecule has 9 heteroatoms. The van der Waals surface area contributed by atoms with Crippen LogP contribution in [0.4, 0.5) is 18.9 Å². The number of alkyl halides is 3. The van der Waals surface area contributed by atoms with E-state index in [0.29, 0.717) is 10.8 Å². The van der Waals surface area contributed by atoms with Crippen LogP contribution in [0.3, 0.4) is 0 Å². The van der Waals surface area contributed by atoms with Crippen LogP contribution in [0.25, 0.3) is 5.69 Å². The lowest BCUT2D eigenvalue weighted by Crippen LogP contribution is -2.30. The summed E-state index contributed by atoms with van der Waals surface area (Å²) in [5.41, 5.74) is 3.21. The maximum Gasteiger partial charge on any atom is 0.416 e. The third-order valence-corrected chi connectivity index (χ3v) is 7.26. The van der Waals surface area contributed by atoms with Crippen LogP contribution in [0, 0.1) is 6.92 Å². The van der Waals surface area contributed by atoms with Crippen LogP contribution in [0.1, 0.15) is 34.6 Å². The first-order valence-electron chi connectivity index (χ1n) is 10.9. The quantitative estimate of drug-likeness (QED) is 0.271. The monoisotopic (exact) mass is 556 g/mol. The van der Waals surface area contributed by atoms with E-state index in [1.54, 1.807) is 23.0 Å². The Morgan fingerprint density at radius 2 is 1.80 bits per heavy atom. The molecule has 4 aromatic rings. The Hall–Kier alpha value is -3.17. The van der Waals surface area contributed by atoms with Crippen molar-refractivity contribution in [2.45, 2.75) is 25.2 Å². The van der Waals surface area contributed by atoms with Gasteiger partial charge in [-0.15, -0.1) is 0 Å². The number of pyridine rings is 1. The minimum absolute atomic E-state index is 0.313. The Morgan fingerprint density at radius 1 is 0.971 bits per heavy atom. The second-order valence-electron chi connectivity index (χ2n) is 8.28. The van der Waals surface area contributed by atoms with Gasteiger partial charge in [0.2, 0.25) is 0 Å². The predicted octanol–water partition coefficient (Wildman–Crippen LogP) is 7.14. The molecule has 2 aromatic heterocycles. The molecule has 2 atom stereocenters. The molecule has 3 heterocycles. The van der Waals surface area contributed by atoms with Gasteiger partial charge >= 0.3 is 6.18 Å². The number of hydrogen-bond donors (Lipinski definition) is 1. The Morgan fingerprint density at radius 3 is 2.51 bits per heavy atom. The molecular weight excluding hydrogens is 537 g/mol. The minimum Gasteiger partial charge on any atom is -0.351 e. The van der Waals surface area contributed by atoms with Gasteiger partial charge in [-0.25, -0.2) is 0 Å². The topological polar surface area (TPSA) is 33.1 Å². The molecular formula is C26H20BrF3N4S. The molecule has 0 saturated carbocycles. The van der Waals surface area contributed by atoms with Crippen molar-refractivity contribution in [2.24, 2.45) is 0 Å². The standard InChI is InChI=1S/C26H20BrF3N4S/c1-16-14-19(10-11-20(16)27)34-24(23(32-25(34)35)21-8-2-3-12-31-21)22-9-5-13-33(22)18-7-4-6-17(15-18)26(28,29)30/h2-15,23-24H,1H3,(H,32,35)/t23-,24+/m0/s1. The molecule has 1 aliphatic rings. The normalized spacial score (nSPS) is 18.1. The predicted molar refractivity (Wildman–Crippen MR) is 138 cm³/mol. The van der Waals surface area contributed by atoms with E-state index in [0.717, 1.165) is 39.2 Å². The Kier molecular flexibility index (Phi) is 6.14. The van der Waals surface area contributed by atoms with Gasteiger partial charge < -0.3 is 14.8 Å². The maximum absolute atomic E-state index is 13.4. The van der Waals surface area contributed by atoms with Crippen LogP contribution in [-0.2, 0) is 6.18 Å². The van der Waals surface area contributed by atoms with Crippen LogP contribution in [0.2, 0.25) is 0 Å². The van der Waals surface area contributed by atoms with Crippen LogP contribution in [-0.4, -0.2) is 14.7 Å². The Balaban J connectivity index is 1.67. The lowest BCUT2D eigenvalue weighted by Gasteiger charge is -2.29. The molecule has 1 aliphatic heterocycles. The SMILES string of the molecule is Cc1cc(N2C(=S)N[C@@H](c3ccccn3)[C@H]2c2cccn2-c2cccc(C(F)(F)F)c2)ccc1Br. The van der Waals surface area contributed by atoms with E-state index in [9.17, 15) is 13.2 Å². The molecule has 4 nitrogen and oxygen atoms in total. The highest BCUT2D eigenvalue weighted by atomic mass is 79.9. The van der Waals surface area contributed by atoms with E-state index >= 15 is 0 Å². The summed E-state index contributed by atoms with van der Waals surface area (Å²) < 4.78 is 43.1. The molecule has 35 heavy (non-hydrogen) atoms. The second-order valence-corrected chi connectivity index (χ2v) is 9.52. The first-order valence-corrected chi connectivity index (χ1v) is 12.1. The van der Waals surface area contributed by atoms with Gasteiger partial charge in [-0.05, 0) is 85.4 Å². The third-order valence-electron chi connectivity index (χ3n) is 6.05. The van der Waals surface area contributed by atoms with Gasteiger partial charge in [0.1, 0.15) is 6.04 Å². The molecule has 1 saturated heterocycles. The number of hydrogen-bond acceptors (Lipinski definition) is 2. The zero-order chi connectivity index (χ0) is 24.7. The summed E-state index contributed by atoms with van der Waals surface area (Å²) in [6.07, 6.45) is -0.945. The van der Waals surface area contributed by atoms with E-state index in [1.807, 2.05) is 60.4 Å². The van der Waals surface area contributed by atoms with Crippen molar-refractivity contribution in [1.82, 2.24) is 14.9 Å². The smallest absolute Gasteiger partial charge is 0.351 e. The highest BCUT2D eigenvalue weighted by Gasteiger charge is 2.42. The van der Waals surface area contributed by atoms with E-state index in [2.05, 4.69) is 26.2 Å². The Labute approximate surface area is 214 Å². The molecule has 1 N–H and O–H groups in total. The molecule has 0 bridgehead atoms. The summed E-state index contributed by atoms with van der Waals surface area (Å²) >= 11 is 9.32. The fourth-order valence-corrected chi connectivity index (χ4v) is 5.01. The van der Waals surface area contributed by atoms with Gasteiger partial charge in [0.25, 0.3) is 0 Å². The average molecular weight is 557 g/mol. The van der Waals surface area contributed by atoms with Crippen LogP contribution >= 0.6 is 28.1 Å². The highest BCUT2D eigenvalue weighted by Crippen LogP contribution is 2.43. The van der Waals surface area contributed by atoms with Crippen molar-refractivity contribution in [3.63, 3.8) is 0 Å². The summed E-state index contributed by atoms with van der Waals surface area (Å²) in [6.45, 7) is 2.00. The van der Waals surface area contributed by atoms with Crippen molar-refractivity contribution >= 4 is 38.9 Å². The largest absolute Gasteiger partial charge is 0.416 e. The summed E-state index contributed by atoms with van der Waals surface area (Å²) in [6, 6.07) is 20.0. The summed E-state index contributed by atoms with van der Waals surface area (Å²) in [5, 5.41) is 3.91. The minimum atomic E-state index is -4.43. The molecule has 0 spiro atoms. The number of nitrogens with zero attached hydrogens (tertiary/aromatic N) is 3. The summed E-state index contributed by atoms with van der Waals surface area (Å²) in [7, 11) is 0. The molecule has 178 valence electrons. The van der Waals surface area contributed by atoms with Gasteiger partial charge in [0.05, 0.1) is 17.3 Å². The molecule has 5 rings (SSSR count). The van der Waals surface area contributed by atoms with Crippen molar-refractivity contribution in [3.8, 4) is 5.69 Å². The lowest BCUT2D eigenvalue weighted by molar-refractivity contribution is -0.137. The number of rotatable bonds is 4. The van der Waals surface area contributed by atoms with Crippen LogP contribution in [0.15, 0.2) is 89.7 Å². The number of aryl methyl sites for hydroxylation is 1. The van der Waals surface area contributed by atoms with Gasteiger partial charge in [-0.1, -0.05) is 28.1 Å². The fourth-order valence-electron chi connectivity index (χ4n) is 4.41. The zero-order valence-electron chi connectivity index (χ0n) is 18.5. The summed E-state index contributed by atoms with van der Waals surface area (Å²) in [4.78, 5) is 6.56. The van der Waals surface area contributed by atoms with Gasteiger partial charge in [0, 0.05) is 33.9 Å². The van der Waals surface area contributed by atoms with Crippen molar-refractivity contribution in [3.05, 3.63) is 112 Å². The molecule has 0 amide bonds. The van der Waals surface area contributed by atoms with E-state index in [4.69, 9.17) is 12.2 Å². The van der Waals surface area contributed by atoms with Gasteiger partial charge in [-0.2, -0.15) is 13.2 Å². The number of anilines is 1. The number of benzene rings is 2.